The minimum Gasteiger partial charge on any atom is -0.494 e. The number of hydrogen-bond donors (Lipinski definition) is 1. The fraction of sp³-hybridized carbons (Fsp3) is 0.625. The van der Waals surface area contributed by atoms with Gasteiger partial charge >= 0.3 is 0 Å². The molecule has 1 aromatic carbocycles. The van der Waals surface area contributed by atoms with Crippen molar-refractivity contribution in [2.24, 2.45) is 0 Å². The van der Waals surface area contributed by atoms with Gasteiger partial charge < -0.3 is 14.6 Å². The third-order valence-corrected chi connectivity index (χ3v) is 2.87. The average molecular weight is 266 g/mol. The highest BCUT2D eigenvalue weighted by Gasteiger charge is 2.20. The molecule has 0 aliphatic carbocycles. The lowest BCUT2D eigenvalue weighted by Crippen LogP contribution is -2.15. The Bertz CT molecular complexity index is 380. The van der Waals surface area contributed by atoms with Crippen molar-refractivity contribution in [2.45, 2.75) is 46.0 Å². The first-order chi connectivity index (χ1) is 8.99. The summed E-state index contributed by atoms with van der Waals surface area (Å²) in [6.07, 6.45) is 2.19. The first-order valence-corrected chi connectivity index (χ1v) is 7.00. The maximum atomic E-state index is 8.87. The Morgan fingerprint density at radius 2 is 1.84 bits per heavy atom. The summed E-state index contributed by atoms with van der Waals surface area (Å²) < 4.78 is 11.3. The Morgan fingerprint density at radius 3 is 2.42 bits per heavy atom. The van der Waals surface area contributed by atoms with Crippen LogP contribution in [0.15, 0.2) is 18.2 Å². The van der Waals surface area contributed by atoms with Gasteiger partial charge in [0.05, 0.1) is 13.2 Å². The van der Waals surface area contributed by atoms with Crippen LogP contribution in [0.5, 0.6) is 11.5 Å². The fourth-order valence-corrected chi connectivity index (χ4v) is 1.80. The molecule has 0 bridgehead atoms. The van der Waals surface area contributed by atoms with Crippen molar-refractivity contribution in [2.75, 3.05) is 19.8 Å². The van der Waals surface area contributed by atoms with Gasteiger partial charge in [-0.25, -0.2) is 0 Å². The largest absolute Gasteiger partial charge is 0.494 e. The first kappa shape index (κ1) is 15.8. The van der Waals surface area contributed by atoms with Gasteiger partial charge in [0.15, 0.2) is 0 Å². The van der Waals surface area contributed by atoms with Crippen molar-refractivity contribution in [1.82, 2.24) is 0 Å². The molecular formula is C16H26O3. The van der Waals surface area contributed by atoms with Crippen LogP contribution in [0.25, 0.3) is 0 Å². The number of hydrogen-bond acceptors (Lipinski definition) is 3. The van der Waals surface area contributed by atoms with Crippen molar-refractivity contribution in [3.05, 3.63) is 23.8 Å². The summed E-state index contributed by atoms with van der Waals surface area (Å²) in [4.78, 5) is 0. The van der Waals surface area contributed by atoms with E-state index in [1.54, 1.807) is 0 Å². The SMILES string of the molecule is CCCCOc1ccc(OCCO)c(C(C)(C)C)c1. The Labute approximate surface area is 116 Å². The molecule has 0 atom stereocenters. The summed E-state index contributed by atoms with van der Waals surface area (Å²) >= 11 is 0. The van der Waals surface area contributed by atoms with E-state index < -0.39 is 0 Å². The van der Waals surface area contributed by atoms with Gasteiger partial charge in [0.1, 0.15) is 18.1 Å². The van der Waals surface area contributed by atoms with Crippen molar-refractivity contribution in [1.29, 1.82) is 0 Å². The molecule has 0 radical (unpaired) electrons. The van der Waals surface area contributed by atoms with Crippen LogP contribution in [0.3, 0.4) is 0 Å². The monoisotopic (exact) mass is 266 g/mol. The summed E-state index contributed by atoms with van der Waals surface area (Å²) in [6.45, 7) is 9.67. The second-order valence-electron chi connectivity index (χ2n) is 5.68. The quantitative estimate of drug-likeness (QED) is 0.767. The van der Waals surface area contributed by atoms with Crippen LogP contribution in [0.1, 0.15) is 46.1 Å². The van der Waals surface area contributed by atoms with Gasteiger partial charge in [0.2, 0.25) is 0 Å². The van der Waals surface area contributed by atoms with Gasteiger partial charge in [0, 0.05) is 5.56 Å². The van der Waals surface area contributed by atoms with Crippen molar-refractivity contribution < 1.29 is 14.6 Å². The van der Waals surface area contributed by atoms with E-state index in [1.165, 1.54) is 0 Å². The Balaban J connectivity index is 2.88. The van der Waals surface area contributed by atoms with Gasteiger partial charge in [-0.3, -0.25) is 0 Å². The molecule has 1 aromatic rings. The second-order valence-corrected chi connectivity index (χ2v) is 5.68. The van der Waals surface area contributed by atoms with E-state index in [2.05, 4.69) is 27.7 Å². The Hall–Kier alpha value is -1.22. The molecular weight excluding hydrogens is 240 g/mol. The smallest absolute Gasteiger partial charge is 0.123 e. The van der Waals surface area contributed by atoms with Crippen LogP contribution in [-0.2, 0) is 5.41 Å². The lowest BCUT2D eigenvalue weighted by molar-refractivity contribution is 0.198. The standard InChI is InChI=1S/C16H26O3/c1-5-6-10-18-13-7-8-15(19-11-9-17)14(12-13)16(2,3)4/h7-8,12,17H,5-6,9-11H2,1-4H3. The van der Waals surface area contributed by atoms with E-state index in [0.29, 0.717) is 6.61 Å². The van der Waals surface area contributed by atoms with Crippen LogP contribution < -0.4 is 9.47 Å². The summed E-state index contributed by atoms with van der Waals surface area (Å²) in [5, 5.41) is 8.87. The molecule has 0 saturated carbocycles. The van der Waals surface area contributed by atoms with Gasteiger partial charge in [-0.05, 0) is 30.0 Å². The van der Waals surface area contributed by atoms with E-state index in [0.717, 1.165) is 36.5 Å². The zero-order chi connectivity index (χ0) is 14.3. The maximum absolute atomic E-state index is 8.87. The highest BCUT2D eigenvalue weighted by atomic mass is 16.5. The molecule has 0 aromatic heterocycles. The zero-order valence-electron chi connectivity index (χ0n) is 12.5. The highest BCUT2D eigenvalue weighted by Crippen LogP contribution is 2.34. The van der Waals surface area contributed by atoms with E-state index in [1.807, 2.05) is 18.2 Å². The molecule has 0 spiro atoms. The van der Waals surface area contributed by atoms with Crippen molar-refractivity contribution in [3.8, 4) is 11.5 Å². The van der Waals surface area contributed by atoms with E-state index in [9.17, 15) is 0 Å². The minimum absolute atomic E-state index is 0.0189. The molecule has 3 nitrogen and oxygen atoms in total. The average Bonchev–Trinajstić information content (AvgIpc) is 2.36. The summed E-state index contributed by atoms with van der Waals surface area (Å²) in [5.74, 6) is 1.71. The van der Waals surface area contributed by atoms with Crippen LogP contribution >= 0.6 is 0 Å². The number of aliphatic hydroxyl groups is 1. The summed E-state index contributed by atoms with van der Waals surface area (Å²) in [5.41, 5.74) is 1.09. The van der Waals surface area contributed by atoms with Gasteiger partial charge in [0.25, 0.3) is 0 Å². The number of benzene rings is 1. The third kappa shape index (κ3) is 5.11. The molecule has 1 N–H and O–H groups in total. The number of unbranched alkanes of at least 4 members (excludes halogenated alkanes) is 1. The third-order valence-electron chi connectivity index (χ3n) is 2.87. The molecule has 0 heterocycles. The second kappa shape index (κ2) is 7.39. The lowest BCUT2D eigenvalue weighted by Gasteiger charge is -2.23. The Kier molecular flexibility index (Phi) is 6.16. The number of aliphatic hydroxyl groups excluding tert-OH is 1. The molecule has 0 unspecified atom stereocenters. The van der Waals surface area contributed by atoms with Crippen LogP contribution in [0.4, 0.5) is 0 Å². The van der Waals surface area contributed by atoms with Gasteiger partial charge in [-0.15, -0.1) is 0 Å². The summed E-state index contributed by atoms with van der Waals surface area (Å²) in [6, 6.07) is 5.90. The molecule has 19 heavy (non-hydrogen) atoms. The van der Waals surface area contributed by atoms with Crippen molar-refractivity contribution >= 4 is 0 Å². The topological polar surface area (TPSA) is 38.7 Å². The first-order valence-electron chi connectivity index (χ1n) is 7.00. The fourth-order valence-electron chi connectivity index (χ4n) is 1.80. The van der Waals surface area contributed by atoms with E-state index in [4.69, 9.17) is 14.6 Å². The van der Waals surface area contributed by atoms with Crippen LogP contribution in [0.2, 0.25) is 0 Å². The van der Waals surface area contributed by atoms with E-state index >= 15 is 0 Å². The predicted octanol–water partition coefficient (Wildman–Crippen LogP) is 3.53. The van der Waals surface area contributed by atoms with Crippen LogP contribution in [-0.4, -0.2) is 24.9 Å². The molecule has 108 valence electrons. The van der Waals surface area contributed by atoms with Gasteiger partial charge in [-0.2, -0.15) is 0 Å². The lowest BCUT2D eigenvalue weighted by atomic mass is 9.86. The predicted molar refractivity (Wildman–Crippen MR) is 78.1 cm³/mol. The molecule has 0 fully saturated rings. The van der Waals surface area contributed by atoms with Gasteiger partial charge in [-0.1, -0.05) is 34.1 Å². The maximum Gasteiger partial charge on any atom is 0.123 e. The molecule has 0 aliphatic rings. The zero-order valence-corrected chi connectivity index (χ0v) is 12.5. The molecule has 1 rings (SSSR count). The highest BCUT2D eigenvalue weighted by molar-refractivity contribution is 5.44. The minimum atomic E-state index is -0.0189. The number of ether oxygens (including phenoxy) is 2. The molecule has 0 amide bonds. The van der Waals surface area contributed by atoms with Crippen molar-refractivity contribution in [3.63, 3.8) is 0 Å². The van der Waals surface area contributed by atoms with E-state index in [-0.39, 0.29) is 12.0 Å². The molecule has 0 aliphatic heterocycles. The van der Waals surface area contributed by atoms with Crippen LogP contribution in [0, 0.1) is 0 Å². The molecule has 3 heteroatoms. The normalized spacial score (nSPS) is 11.4. The Morgan fingerprint density at radius 1 is 1.11 bits per heavy atom. The number of rotatable bonds is 7. The summed E-state index contributed by atoms with van der Waals surface area (Å²) in [7, 11) is 0. The molecule has 0 saturated heterocycles.